The zero-order valence-corrected chi connectivity index (χ0v) is 13.9. The lowest BCUT2D eigenvalue weighted by Crippen LogP contribution is -2.05. The van der Waals surface area contributed by atoms with Crippen molar-refractivity contribution in [1.82, 2.24) is 4.57 Å². The summed E-state index contributed by atoms with van der Waals surface area (Å²) < 4.78 is 7.48. The second kappa shape index (κ2) is 6.55. The third kappa shape index (κ3) is 2.96. The smallest absolute Gasteiger partial charge is 0.352 e. The van der Waals surface area contributed by atoms with Crippen molar-refractivity contribution in [3.63, 3.8) is 0 Å². The molecule has 3 aromatic rings. The molecule has 0 saturated carbocycles. The molecule has 0 spiro atoms. The van der Waals surface area contributed by atoms with Gasteiger partial charge in [0.2, 0.25) is 0 Å². The highest BCUT2D eigenvalue weighted by Gasteiger charge is 2.17. The summed E-state index contributed by atoms with van der Waals surface area (Å²) in [6, 6.07) is 12.9. The Labute approximate surface area is 144 Å². The highest BCUT2D eigenvalue weighted by molar-refractivity contribution is 6.35. The molecule has 0 bridgehead atoms. The number of carboxylic acid groups (broad SMARTS) is 1. The molecule has 0 unspecified atom stereocenters. The molecule has 3 rings (SSSR count). The van der Waals surface area contributed by atoms with E-state index in [0.29, 0.717) is 34.8 Å². The fraction of sp³-hybridized carbons (Fsp3) is 0.167. The van der Waals surface area contributed by atoms with Crippen LogP contribution in [0.4, 0.5) is 0 Å². The molecule has 6 heteroatoms. The van der Waals surface area contributed by atoms with E-state index < -0.39 is 5.97 Å². The van der Waals surface area contributed by atoms with Crippen molar-refractivity contribution in [1.29, 1.82) is 0 Å². The largest absolute Gasteiger partial charge is 0.487 e. The first kappa shape index (κ1) is 16.4. The predicted octanol–water partition coefficient (Wildman–Crippen LogP) is 3.57. The molecule has 0 aliphatic carbocycles. The Bertz CT molecular complexity index is 901. The molecular formula is C18H17ClN2O3. The fourth-order valence-corrected chi connectivity index (χ4v) is 2.86. The SMILES string of the molecule is Cn1c(C(=O)O)cc2c(Cl)ccc(OCc3ccc(CN)cc3)c21. The van der Waals surface area contributed by atoms with Gasteiger partial charge in [-0.25, -0.2) is 4.79 Å². The van der Waals surface area contributed by atoms with Gasteiger partial charge in [0.25, 0.3) is 0 Å². The fourth-order valence-electron chi connectivity index (χ4n) is 2.66. The molecule has 5 nitrogen and oxygen atoms in total. The molecule has 0 aliphatic heterocycles. The van der Waals surface area contributed by atoms with Crippen molar-refractivity contribution < 1.29 is 14.6 Å². The van der Waals surface area contributed by atoms with Gasteiger partial charge in [0.05, 0.1) is 10.5 Å². The Balaban J connectivity index is 1.94. The number of aryl methyl sites for hydroxylation is 1. The summed E-state index contributed by atoms with van der Waals surface area (Å²) in [5, 5.41) is 10.4. The van der Waals surface area contributed by atoms with E-state index >= 15 is 0 Å². The standard InChI is InChI=1S/C18H17ClN2O3/c1-21-15(18(22)23)8-13-14(19)6-7-16(17(13)21)24-10-12-4-2-11(9-20)3-5-12/h2-8H,9-10,20H2,1H3,(H,22,23). The van der Waals surface area contributed by atoms with Crippen molar-refractivity contribution in [2.24, 2.45) is 12.8 Å². The van der Waals surface area contributed by atoms with Crippen LogP contribution in [0.15, 0.2) is 42.5 Å². The Hall–Kier alpha value is -2.50. The van der Waals surface area contributed by atoms with Crippen LogP contribution in [0, 0.1) is 0 Å². The second-order valence-electron chi connectivity index (χ2n) is 5.51. The molecule has 3 N–H and O–H groups in total. The highest BCUT2D eigenvalue weighted by atomic mass is 35.5. The lowest BCUT2D eigenvalue weighted by molar-refractivity contribution is 0.0687. The lowest BCUT2D eigenvalue weighted by atomic mass is 10.1. The Morgan fingerprint density at radius 3 is 2.50 bits per heavy atom. The third-order valence-corrected chi connectivity index (χ3v) is 4.31. The number of hydrogen-bond donors (Lipinski definition) is 2. The molecule has 0 saturated heterocycles. The average molecular weight is 345 g/mol. The average Bonchev–Trinajstić information content (AvgIpc) is 2.94. The minimum atomic E-state index is -1.01. The number of benzene rings is 2. The Morgan fingerprint density at radius 2 is 1.88 bits per heavy atom. The number of hydrogen-bond acceptors (Lipinski definition) is 3. The quantitative estimate of drug-likeness (QED) is 0.741. The Morgan fingerprint density at radius 1 is 1.21 bits per heavy atom. The van der Waals surface area contributed by atoms with Crippen LogP contribution in [0.3, 0.4) is 0 Å². The lowest BCUT2D eigenvalue weighted by Gasteiger charge is -2.11. The third-order valence-electron chi connectivity index (χ3n) is 3.98. The van der Waals surface area contributed by atoms with Crippen molar-refractivity contribution in [2.45, 2.75) is 13.2 Å². The number of fused-ring (bicyclic) bond motifs is 1. The topological polar surface area (TPSA) is 77.5 Å². The maximum atomic E-state index is 11.3. The summed E-state index contributed by atoms with van der Waals surface area (Å²) >= 11 is 6.20. The number of aromatic nitrogens is 1. The van der Waals surface area contributed by atoms with Gasteiger partial charge < -0.3 is 20.1 Å². The number of nitrogens with two attached hydrogens (primary N) is 1. The summed E-state index contributed by atoms with van der Waals surface area (Å²) in [6.45, 7) is 0.870. The highest BCUT2D eigenvalue weighted by Crippen LogP contribution is 2.34. The summed E-state index contributed by atoms with van der Waals surface area (Å²) in [4.78, 5) is 11.3. The van der Waals surface area contributed by atoms with Gasteiger partial charge >= 0.3 is 5.97 Å². The first-order chi connectivity index (χ1) is 11.5. The van der Waals surface area contributed by atoms with E-state index in [1.165, 1.54) is 0 Å². The number of nitrogens with zero attached hydrogens (tertiary/aromatic N) is 1. The predicted molar refractivity (Wildman–Crippen MR) is 93.6 cm³/mol. The van der Waals surface area contributed by atoms with Gasteiger partial charge in [-0.3, -0.25) is 0 Å². The maximum absolute atomic E-state index is 11.3. The number of carboxylic acids is 1. The molecule has 24 heavy (non-hydrogen) atoms. The molecular weight excluding hydrogens is 328 g/mol. The van der Waals surface area contributed by atoms with Crippen LogP contribution < -0.4 is 10.5 Å². The number of halogens is 1. The second-order valence-corrected chi connectivity index (χ2v) is 5.92. The molecule has 0 atom stereocenters. The zero-order chi connectivity index (χ0) is 17.3. The number of aromatic carboxylic acids is 1. The molecule has 1 heterocycles. The van der Waals surface area contributed by atoms with Crippen LogP contribution >= 0.6 is 11.6 Å². The van der Waals surface area contributed by atoms with E-state index in [0.717, 1.165) is 11.1 Å². The molecule has 124 valence electrons. The van der Waals surface area contributed by atoms with Crippen LogP contribution in [-0.2, 0) is 20.2 Å². The first-order valence-corrected chi connectivity index (χ1v) is 7.81. The van der Waals surface area contributed by atoms with E-state index in [4.69, 9.17) is 22.1 Å². The van der Waals surface area contributed by atoms with E-state index in [9.17, 15) is 9.90 Å². The van der Waals surface area contributed by atoms with E-state index in [1.54, 1.807) is 29.8 Å². The summed E-state index contributed by atoms with van der Waals surface area (Å²) in [6.07, 6.45) is 0. The van der Waals surface area contributed by atoms with E-state index in [1.807, 2.05) is 24.3 Å². The maximum Gasteiger partial charge on any atom is 0.352 e. The van der Waals surface area contributed by atoms with Gasteiger partial charge in [-0.2, -0.15) is 0 Å². The molecule has 2 aromatic carbocycles. The van der Waals surface area contributed by atoms with E-state index in [2.05, 4.69) is 0 Å². The van der Waals surface area contributed by atoms with Crippen LogP contribution in [0.25, 0.3) is 10.9 Å². The zero-order valence-electron chi connectivity index (χ0n) is 13.1. The summed E-state index contributed by atoms with van der Waals surface area (Å²) in [5.41, 5.74) is 8.48. The number of rotatable bonds is 5. The van der Waals surface area contributed by atoms with Crippen molar-refractivity contribution in [3.05, 3.63) is 64.3 Å². The van der Waals surface area contributed by atoms with Crippen LogP contribution in [0.2, 0.25) is 5.02 Å². The summed E-state index contributed by atoms with van der Waals surface area (Å²) in [5.74, 6) is -0.416. The number of carbonyl (C=O) groups is 1. The first-order valence-electron chi connectivity index (χ1n) is 7.43. The number of ether oxygens (including phenoxy) is 1. The minimum absolute atomic E-state index is 0.162. The van der Waals surface area contributed by atoms with Crippen LogP contribution in [0.1, 0.15) is 21.6 Å². The normalized spacial score (nSPS) is 11.0. The van der Waals surface area contributed by atoms with Crippen LogP contribution in [-0.4, -0.2) is 15.6 Å². The van der Waals surface area contributed by atoms with Gasteiger partial charge in [-0.15, -0.1) is 0 Å². The molecule has 0 fully saturated rings. The van der Waals surface area contributed by atoms with Gasteiger partial charge in [-0.1, -0.05) is 35.9 Å². The summed E-state index contributed by atoms with van der Waals surface area (Å²) in [7, 11) is 1.69. The van der Waals surface area contributed by atoms with Crippen LogP contribution in [0.5, 0.6) is 5.75 Å². The van der Waals surface area contributed by atoms with Gasteiger partial charge in [-0.05, 0) is 29.3 Å². The van der Waals surface area contributed by atoms with E-state index in [-0.39, 0.29) is 5.69 Å². The van der Waals surface area contributed by atoms with Crippen molar-refractivity contribution >= 4 is 28.5 Å². The molecule has 0 amide bonds. The molecule has 0 aliphatic rings. The van der Waals surface area contributed by atoms with Gasteiger partial charge in [0, 0.05) is 19.0 Å². The van der Waals surface area contributed by atoms with Gasteiger partial charge in [0.15, 0.2) is 0 Å². The van der Waals surface area contributed by atoms with Gasteiger partial charge in [0.1, 0.15) is 18.1 Å². The molecule has 1 aromatic heterocycles. The monoisotopic (exact) mass is 344 g/mol. The molecule has 0 radical (unpaired) electrons. The van der Waals surface area contributed by atoms with Crippen molar-refractivity contribution in [3.8, 4) is 5.75 Å². The Kier molecular flexibility index (Phi) is 4.46. The van der Waals surface area contributed by atoms with Crippen molar-refractivity contribution in [2.75, 3.05) is 0 Å². The minimum Gasteiger partial charge on any atom is -0.487 e.